The zero-order valence-corrected chi connectivity index (χ0v) is 23.5. The number of methoxy groups -OCH3 is 1. The van der Waals surface area contributed by atoms with E-state index in [0.29, 0.717) is 29.1 Å². The van der Waals surface area contributed by atoms with Gasteiger partial charge in [-0.05, 0) is 47.3 Å². The first-order valence-corrected chi connectivity index (χ1v) is 13.4. The number of nitrogens with one attached hydrogen (secondary N) is 3. The maximum absolute atomic E-state index is 14.0. The van der Waals surface area contributed by atoms with Gasteiger partial charge in [0.2, 0.25) is 11.8 Å². The Morgan fingerprint density at radius 1 is 1.37 bits per heavy atom. The molecule has 4 rings (SSSR count). The third kappa shape index (κ3) is 5.29. The Morgan fingerprint density at radius 2 is 2.08 bits per heavy atom. The topological polar surface area (TPSA) is 79.5 Å². The molecule has 1 aromatic rings. The number of carbonyl (C=O) groups excluding carboxylic acids is 2. The highest BCUT2D eigenvalue weighted by molar-refractivity contribution is 6.31. The molecule has 204 valence electrons. The van der Waals surface area contributed by atoms with Crippen LogP contribution in [0, 0.1) is 11.3 Å². The summed E-state index contributed by atoms with van der Waals surface area (Å²) in [5.74, 6) is -0.270. The lowest BCUT2D eigenvalue weighted by atomic mass is 9.62. The van der Waals surface area contributed by atoms with Crippen LogP contribution < -0.4 is 16.0 Å². The molecule has 2 heterocycles. The molecule has 2 amide bonds. The highest BCUT2D eigenvalue weighted by Crippen LogP contribution is 2.55. The third-order valence-electron chi connectivity index (χ3n) is 7.42. The lowest BCUT2D eigenvalue weighted by Crippen LogP contribution is -2.51. The van der Waals surface area contributed by atoms with Crippen molar-refractivity contribution >= 4 is 40.7 Å². The zero-order valence-electron chi connectivity index (χ0n) is 22.0. The SMILES string of the molecule is C=C(/C=C\C=C(\Cl)CF)[C@H]1[C@H](C(=O)N[C@H]2C=C(OC)C2)N[C@H](CC(C)(C)C)[C@]12C(=O)Nc1cc(Cl)ccc12. The van der Waals surface area contributed by atoms with Gasteiger partial charge >= 0.3 is 0 Å². The van der Waals surface area contributed by atoms with E-state index in [-0.39, 0.29) is 34.3 Å². The van der Waals surface area contributed by atoms with Gasteiger partial charge in [-0.15, -0.1) is 0 Å². The quantitative estimate of drug-likeness (QED) is 0.364. The highest BCUT2D eigenvalue weighted by Gasteiger charge is 2.65. The van der Waals surface area contributed by atoms with Crippen LogP contribution in [0.5, 0.6) is 0 Å². The Labute approximate surface area is 233 Å². The first kappa shape index (κ1) is 28.4. The second-order valence-electron chi connectivity index (χ2n) is 11.3. The van der Waals surface area contributed by atoms with Gasteiger partial charge in [0.05, 0.1) is 25.0 Å². The summed E-state index contributed by atoms with van der Waals surface area (Å²) in [6.45, 7) is 9.81. The lowest BCUT2D eigenvalue weighted by molar-refractivity contribution is -0.125. The first-order chi connectivity index (χ1) is 17.9. The third-order valence-corrected chi connectivity index (χ3v) is 7.88. The lowest BCUT2D eigenvalue weighted by Gasteiger charge is -2.38. The number of allylic oxidation sites excluding steroid dienone is 4. The Balaban J connectivity index is 1.83. The van der Waals surface area contributed by atoms with Crippen LogP contribution in [0.1, 0.15) is 39.2 Å². The fourth-order valence-corrected chi connectivity index (χ4v) is 6.07. The molecular weight excluding hydrogens is 528 g/mol. The summed E-state index contributed by atoms with van der Waals surface area (Å²) >= 11 is 12.1. The number of fused-ring (bicyclic) bond motifs is 2. The second-order valence-corrected chi connectivity index (χ2v) is 12.2. The molecule has 1 aromatic carbocycles. The van der Waals surface area contributed by atoms with Crippen molar-refractivity contribution < 1.29 is 18.7 Å². The Morgan fingerprint density at radius 3 is 2.71 bits per heavy atom. The van der Waals surface area contributed by atoms with Crippen LogP contribution in [0.25, 0.3) is 0 Å². The minimum Gasteiger partial charge on any atom is -0.501 e. The number of alkyl halides is 1. The van der Waals surface area contributed by atoms with Gasteiger partial charge in [0.1, 0.15) is 12.1 Å². The summed E-state index contributed by atoms with van der Waals surface area (Å²) in [5, 5.41) is 10.2. The van der Waals surface area contributed by atoms with Gasteiger partial charge in [-0.3, -0.25) is 9.59 Å². The van der Waals surface area contributed by atoms with E-state index in [9.17, 15) is 14.0 Å². The van der Waals surface area contributed by atoms with Gasteiger partial charge in [0, 0.05) is 34.1 Å². The molecule has 3 N–H and O–H groups in total. The fraction of sp³-hybridized carbons (Fsp3) is 0.448. The van der Waals surface area contributed by atoms with Crippen LogP contribution in [-0.4, -0.2) is 43.7 Å². The molecule has 9 heteroatoms. The summed E-state index contributed by atoms with van der Waals surface area (Å²) in [4.78, 5) is 27.8. The van der Waals surface area contributed by atoms with Crippen molar-refractivity contribution in [3.05, 3.63) is 76.0 Å². The van der Waals surface area contributed by atoms with Gasteiger partial charge < -0.3 is 20.7 Å². The van der Waals surface area contributed by atoms with E-state index in [1.807, 2.05) is 12.1 Å². The molecule has 1 saturated heterocycles. The number of hydrogen-bond acceptors (Lipinski definition) is 4. The first-order valence-electron chi connectivity index (χ1n) is 12.6. The summed E-state index contributed by atoms with van der Waals surface area (Å²) < 4.78 is 18.1. The van der Waals surface area contributed by atoms with E-state index in [1.54, 1.807) is 31.4 Å². The molecule has 5 atom stereocenters. The highest BCUT2D eigenvalue weighted by atomic mass is 35.5. The monoisotopic (exact) mass is 561 g/mol. The molecule has 0 bridgehead atoms. The molecule has 0 aromatic heterocycles. The number of anilines is 1. The van der Waals surface area contributed by atoms with E-state index in [0.717, 1.165) is 11.3 Å². The standard InChI is InChI=1S/C29H34Cl2FN3O3/c1-16(7-6-8-18(31)15-32)24-25(26(36)33-19-12-20(13-19)38-5)35-23(14-28(2,3)4)29(24)21-10-9-17(30)11-22(21)34-27(29)37/h6-12,19,23-25,35H,1,13-15H2,2-5H3,(H,33,36)(H,34,37)/b7-6-,18-8+/t19-,23+,24-,25+,29-/m0/s1. The number of benzene rings is 1. The van der Waals surface area contributed by atoms with Gasteiger partial charge in [-0.25, -0.2) is 4.39 Å². The van der Waals surface area contributed by atoms with Crippen molar-refractivity contribution in [2.45, 2.75) is 57.2 Å². The predicted molar refractivity (Wildman–Crippen MR) is 150 cm³/mol. The van der Waals surface area contributed by atoms with E-state index in [1.165, 1.54) is 6.08 Å². The van der Waals surface area contributed by atoms with Gasteiger partial charge in [0.25, 0.3) is 0 Å². The fourth-order valence-electron chi connectivity index (χ4n) is 5.82. The Hall–Kier alpha value is -2.61. The molecule has 6 nitrogen and oxygen atoms in total. The van der Waals surface area contributed by atoms with Crippen LogP contribution in [-0.2, 0) is 19.7 Å². The Bertz CT molecular complexity index is 1240. The van der Waals surface area contributed by atoms with Crippen molar-refractivity contribution in [3.63, 3.8) is 0 Å². The minimum atomic E-state index is -1.13. The van der Waals surface area contributed by atoms with Crippen LogP contribution >= 0.6 is 23.2 Å². The number of rotatable bonds is 8. The van der Waals surface area contributed by atoms with Crippen molar-refractivity contribution in [2.75, 3.05) is 19.1 Å². The molecule has 1 spiro atoms. The molecule has 1 aliphatic carbocycles. The van der Waals surface area contributed by atoms with E-state index in [4.69, 9.17) is 27.9 Å². The smallest absolute Gasteiger partial charge is 0.238 e. The molecule has 2 aliphatic heterocycles. The van der Waals surface area contributed by atoms with Crippen LogP contribution in [0.2, 0.25) is 5.02 Å². The number of hydrogen-bond donors (Lipinski definition) is 3. The number of carbonyl (C=O) groups is 2. The molecule has 0 radical (unpaired) electrons. The molecular formula is C29H34Cl2FN3O3. The van der Waals surface area contributed by atoms with E-state index >= 15 is 0 Å². The molecule has 3 aliphatic rings. The van der Waals surface area contributed by atoms with Gasteiger partial charge in [-0.2, -0.15) is 0 Å². The van der Waals surface area contributed by atoms with E-state index < -0.39 is 24.0 Å². The molecule has 0 unspecified atom stereocenters. The van der Waals surface area contributed by atoms with E-state index in [2.05, 4.69) is 43.3 Å². The van der Waals surface area contributed by atoms with Gasteiger partial charge in [0.15, 0.2) is 0 Å². The summed E-state index contributed by atoms with van der Waals surface area (Å²) in [5.41, 5.74) is 0.656. The number of halogens is 3. The average Bonchev–Trinajstić information content (AvgIpc) is 3.29. The summed E-state index contributed by atoms with van der Waals surface area (Å²) in [7, 11) is 1.60. The average molecular weight is 563 g/mol. The molecule has 38 heavy (non-hydrogen) atoms. The predicted octanol–water partition coefficient (Wildman–Crippen LogP) is 5.55. The zero-order chi connectivity index (χ0) is 27.8. The number of ether oxygens (including phenoxy) is 1. The van der Waals surface area contributed by atoms with Crippen molar-refractivity contribution in [2.24, 2.45) is 11.3 Å². The van der Waals surface area contributed by atoms with Crippen LogP contribution in [0.3, 0.4) is 0 Å². The summed E-state index contributed by atoms with van der Waals surface area (Å²) in [6.07, 6.45) is 7.81. The Kier molecular flexibility index (Phi) is 8.12. The number of amides is 2. The maximum Gasteiger partial charge on any atom is 0.238 e. The van der Waals surface area contributed by atoms with Crippen LogP contribution in [0.4, 0.5) is 10.1 Å². The van der Waals surface area contributed by atoms with Crippen molar-refractivity contribution in [1.29, 1.82) is 0 Å². The minimum absolute atomic E-state index is 0.0394. The van der Waals surface area contributed by atoms with Crippen molar-refractivity contribution in [1.82, 2.24) is 10.6 Å². The normalized spacial score (nSPS) is 28.7. The van der Waals surface area contributed by atoms with Gasteiger partial charge in [-0.1, -0.05) is 68.8 Å². The van der Waals surface area contributed by atoms with Crippen molar-refractivity contribution in [3.8, 4) is 0 Å². The molecule has 0 saturated carbocycles. The molecule has 1 fully saturated rings. The second kappa shape index (κ2) is 10.9. The largest absolute Gasteiger partial charge is 0.501 e. The summed E-state index contributed by atoms with van der Waals surface area (Å²) in [6, 6.07) is 4.05. The maximum atomic E-state index is 14.0. The van der Waals surface area contributed by atoms with Crippen LogP contribution in [0.15, 0.2) is 65.4 Å².